The molecule has 0 N–H and O–H groups in total. The summed E-state index contributed by atoms with van der Waals surface area (Å²) in [6.45, 7) is 1.89. The molecule has 4 heteroatoms. The van der Waals surface area contributed by atoms with E-state index in [-0.39, 0.29) is 17.7 Å². The normalized spacial score (nSPS) is 28.2. The molecule has 30 heavy (non-hydrogen) atoms. The van der Waals surface area contributed by atoms with Gasteiger partial charge in [-0.2, -0.15) is 0 Å². The molecule has 3 aromatic rings. The molecular weight excluding hydrogens is 374 g/mol. The molecule has 1 aliphatic heterocycles. The maximum atomic E-state index is 13.8. The summed E-state index contributed by atoms with van der Waals surface area (Å²) in [5.74, 6) is -2.02. The number of aryl methyl sites for hydroxylation is 1. The number of rotatable bonds is 2. The van der Waals surface area contributed by atoms with Gasteiger partial charge in [-0.1, -0.05) is 66.7 Å². The molecule has 4 nitrogen and oxygen atoms in total. The lowest BCUT2D eigenvalue weighted by atomic mass is 9.48. The first-order valence-corrected chi connectivity index (χ1v) is 10.2. The van der Waals surface area contributed by atoms with E-state index >= 15 is 0 Å². The second-order valence-corrected chi connectivity index (χ2v) is 8.44. The van der Waals surface area contributed by atoms with Gasteiger partial charge in [-0.25, -0.2) is 4.90 Å². The van der Waals surface area contributed by atoms with Gasteiger partial charge in [0.1, 0.15) is 6.29 Å². The van der Waals surface area contributed by atoms with Gasteiger partial charge in [-0.3, -0.25) is 9.59 Å². The molecule has 1 fully saturated rings. The Bertz CT molecular complexity index is 1210. The smallest absolute Gasteiger partial charge is 0.239 e. The van der Waals surface area contributed by atoms with E-state index in [0.717, 1.165) is 34.1 Å². The fourth-order valence-electron chi connectivity index (χ4n) is 6.08. The fraction of sp³-hybridized carbons (Fsp3) is 0.192. The standard InChI is InChI=1S/C26H19NO3/c1-15-8-2-7-13-20(15)27-24(29)22-21-16-9-3-5-11-18(16)26(14-28,23(22)25(27)30)19-12-6-4-10-17(19)21/h2-14,21-23H,1H3/t21?,22-,23+,26?/m1/s1. The van der Waals surface area contributed by atoms with E-state index in [9.17, 15) is 14.4 Å². The van der Waals surface area contributed by atoms with Crippen LogP contribution < -0.4 is 4.90 Å². The van der Waals surface area contributed by atoms with E-state index in [4.69, 9.17) is 0 Å². The van der Waals surface area contributed by atoms with Gasteiger partial charge in [0, 0.05) is 5.92 Å². The fourth-order valence-corrected chi connectivity index (χ4v) is 6.08. The number of anilines is 1. The number of carbonyl (C=O) groups is 3. The average Bonchev–Trinajstić information content (AvgIpc) is 3.05. The van der Waals surface area contributed by atoms with Crippen molar-refractivity contribution in [3.63, 3.8) is 0 Å². The van der Waals surface area contributed by atoms with E-state index in [1.54, 1.807) is 6.07 Å². The lowest BCUT2D eigenvalue weighted by Gasteiger charge is -2.51. The molecule has 0 radical (unpaired) electrons. The first-order chi connectivity index (χ1) is 14.6. The Kier molecular flexibility index (Phi) is 3.33. The first-order valence-electron chi connectivity index (χ1n) is 10.2. The Labute approximate surface area is 174 Å². The van der Waals surface area contributed by atoms with Crippen LogP contribution in [0, 0.1) is 18.8 Å². The molecule has 0 aromatic heterocycles. The van der Waals surface area contributed by atoms with Crippen molar-refractivity contribution < 1.29 is 14.4 Å². The lowest BCUT2D eigenvalue weighted by molar-refractivity contribution is -0.128. The molecule has 0 spiro atoms. The van der Waals surface area contributed by atoms with E-state index in [1.165, 1.54) is 4.90 Å². The highest BCUT2D eigenvalue weighted by atomic mass is 16.2. The Balaban J connectivity index is 1.67. The molecule has 2 amide bonds. The highest BCUT2D eigenvalue weighted by molar-refractivity contribution is 6.25. The largest absolute Gasteiger partial charge is 0.302 e. The van der Waals surface area contributed by atoms with Gasteiger partial charge in [-0.05, 0) is 40.8 Å². The minimum Gasteiger partial charge on any atom is -0.302 e. The van der Waals surface area contributed by atoms with Crippen molar-refractivity contribution in [3.05, 3.63) is 101 Å². The van der Waals surface area contributed by atoms with Crippen molar-refractivity contribution in [2.75, 3.05) is 4.90 Å². The van der Waals surface area contributed by atoms with E-state index < -0.39 is 17.3 Å². The highest BCUT2D eigenvalue weighted by Crippen LogP contribution is 2.63. The zero-order chi connectivity index (χ0) is 20.6. The van der Waals surface area contributed by atoms with Crippen LogP contribution in [0.25, 0.3) is 0 Å². The van der Waals surface area contributed by atoms with Crippen LogP contribution in [0.4, 0.5) is 5.69 Å². The third kappa shape index (κ3) is 1.80. The summed E-state index contributed by atoms with van der Waals surface area (Å²) in [7, 11) is 0. The van der Waals surface area contributed by atoms with Crippen LogP contribution in [0.1, 0.15) is 33.7 Å². The molecule has 7 rings (SSSR count). The Morgan fingerprint density at radius 3 is 1.97 bits per heavy atom. The second-order valence-electron chi connectivity index (χ2n) is 8.44. The van der Waals surface area contributed by atoms with Crippen LogP contribution in [-0.2, 0) is 19.8 Å². The highest BCUT2D eigenvalue weighted by Gasteiger charge is 2.68. The number of benzene rings is 3. The van der Waals surface area contributed by atoms with Gasteiger partial charge in [0.05, 0.1) is 22.9 Å². The third-order valence-electron chi connectivity index (χ3n) is 7.23. The number of nitrogens with zero attached hydrogens (tertiary/aromatic N) is 1. The minimum absolute atomic E-state index is 0.209. The third-order valence-corrected chi connectivity index (χ3v) is 7.23. The zero-order valence-corrected chi connectivity index (χ0v) is 16.4. The quantitative estimate of drug-likeness (QED) is 0.492. The molecule has 146 valence electrons. The number of carbonyl (C=O) groups excluding carboxylic acids is 3. The molecule has 1 heterocycles. The number of hydrogen-bond donors (Lipinski definition) is 0. The predicted octanol–water partition coefficient (Wildman–Crippen LogP) is 3.74. The Morgan fingerprint density at radius 1 is 0.800 bits per heavy atom. The Morgan fingerprint density at radius 2 is 1.37 bits per heavy atom. The summed E-state index contributed by atoms with van der Waals surface area (Å²) in [6, 6.07) is 23.0. The maximum Gasteiger partial charge on any atom is 0.239 e. The molecular formula is C26H19NO3. The van der Waals surface area contributed by atoms with Gasteiger partial charge in [0.15, 0.2) is 0 Å². The SMILES string of the molecule is Cc1ccccc1N1C(=O)[C@@H]2C3c4ccccc4C(C=O)(c4ccccc43)[C@@H]2C1=O. The number of imide groups is 1. The maximum absolute atomic E-state index is 13.8. The summed E-state index contributed by atoms with van der Waals surface area (Å²) in [5.41, 5.74) is 4.01. The summed E-state index contributed by atoms with van der Waals surface area (Å²) in [6.07, 6.45) is 0.907. The summed E-state index contributed by atoms with van der Waals surface area (Å²) in [4.78, 5) is 41.8. The zero-order valence-electron chi connectivity index (χ0n) is 16.4. The molecule has 2 bridgehead atoms. The van der Waals surface area contributed by atoms with Crippen LogP contribution in [0.5, 0.6) is 0 Å². The van der Waals surface area contributed by atoms with Crippen molar-refractivity contribution in [1.29, 1.82) is 0 Å². The van der Waals surface area contributed by atoms with Crippen molar-refractivity contribution in [3.8, 4) is 0 Å². The van der Waals surface area contributed by atoms with Crippen LogP contribution in [0.2, 0.25) is 0 Å². The van der Waals surface area contributed by atoms with Crippen molar-refractivity contribution in [2.24, 2.45) is 11.8 Å². The van der Waals surface area contributed by atoms with Gasteiger partial charge in [0.2, 0.25) is 11.8 Å². The molecule has 2 atom stereocenters. The van der Waals surface area contributed by atoms with Crippen molar-refractivity contribution in [2.45, 2.75) is 18.3 Å². The summed E-state index contributed by atoms with van der Waals surface area (Å²) < 4.78 is 0. The first kappa shape index (κ1) is 17.3. The summed E-state index contributed by atoms with van der Waals surface area (Å²) in [5, 5.41) is 0. The number of amides is 2. The van der Waals surface area contributed by atoms with Crippen LogP contribution in [-0.4, -0.2) is 18.1 Å². The predicted molar refractivity (Wildman–Crippen MR) is 112 cm³/mol. The molecule has 1 saturated heterocycles. The molecule has 4 aliphatic rings. The average molecular weight is 393 g/mol. The van der Waals surface area contributed by atoms with E-state index in [2.05, 4.69) is 0 Å². The molecule has 0 unspecified atom stereocenters. The van der Waals surface area contributed by atoms with Crippen LogP contribution in [0.15, 0.2) is 72.8 Å². The van der Waals surface area contributed by atoms with Gasteiger partial charge >= 0.3 is 0 Å². The monoisotopic (exact) mass is 393 g/mol. The van der Waals surface area contributed by atoms with Gasteiger partial charge in [-0.15, -0.1) is 0 Å². The molecule has 3 aliphatic carbocycles. The van der Waals surface area contributed by atoms with Gasteiger partial charge in [0.25, 0.3) is 0 Å². The second kappa shape index (κ2) is 5.76. The van der Waals surface area contributed by atoms with Crippen LogP contribution in [0.3, 0.4) is 0 Å². The lowest BCUT2D eigenvalue weighted by Crippen LogP contribution is -2.54. The number of aldehydes is 1. The van der Waals surface area contributed by atoms with Gasteiger partial charge < -0.3 is 4.79 Å². The van der Waals surface area contributed by atoms with Crippen molar-refractivity contribution >= 4 is 23.8 Å². The molecule has 3 aromatic carbocycles. The van der Waals surface area contributed by atoms with Crippen molar-refractivity contribution in [1.82, 2.24) is 0 Å². The Hall–Kier alpha value is -3.53. The molecule has 0 saturated carbocycles. The summed E-state index contributed by atoms with van der Waals surface area (Å²) >= 11 is 0. The number of hydrogen-bond acceptors (Lipinski definition) is 3. The number of para-hydroxylation sites is 1. The van der Waals surface area contributed by atoms with E-state index in [0.29, 0.717) is 5.69 Å². The van der Waals surface area contributed by atoms with Crippen LogP contribution >= 0.6 is 0 Å². The van der Waals surface area contributed by atoms with E-state index in [1.807, 2.05) is 73.7 Å². The minimum atomic E-state index is -1.14. The topological polar surface area (TPSA) is 54.5 Å².